The molecular formula is C23H16Br2N4O5. The van der Waals surface area contributed by atoms with Crippen molar-refractivity contribution in [1.29, 1.82) is 0 Å². The zero-order valence-corrected chi connectivity index (χ0v) is 20.4. The van der Waals surface area contributed by atoms with E-state index in [1.54, 1.807) is 42.5 Å². The summed E-state index contributed by atoms with van der Waals surface area (Å²) in [5.74, 6) is -1.20. The van der Waals surface area contributed by atoms with Crippen LogP contribution in [0.4, 0.5) is 5.69 Å². The number of halogens is 2. The number of carbonyl (C=O) groups excluding carboxylic acids is 2. The van der Waals surface area contributed by atoms with Crippen LogP contribution in [0.15, 0.2) is 86.5 Å². The molecule has 172 valence electrons. The second kappa shape index (κ2) is 11.3. The van der Waals surface area contributed by atoms with Crippen molar-refractivity contribution in [2.45, 2.75) is 0 Å². The molecule has 34 heavy (non-hydrogen) atoms. The summed E-state index contributed by atoms with van der Waals surface area (Å²) in [6.07, 6.45) is 2.73. The summed E-state index contributed by atoms with van der Waals surface area (Å²) in [6.45, 7) is 0. The largest absolute Gasteiger partial charge is 0.506 e. The van der Waals surface area contributed by atoms with Crippen LogP contribution in [0.1, 0.15) is 21.5 Å². The summed E-state index contributed by atoms with van der Waals surface area (Å²) in [4.78, 5) is 35.7. The SMILES string of the molecule is O=C(N/N=C/c1cc(Br)c(O)c(Br)c1)/C(=C\c1ccc([N+](=O)[O-])cc1)NC(=O)c1ccccc1. The van der Waals surface area contributed by atoms with Crippen LogP contribution >= 0.6 is 31.9 Å². The van der Waals surface area contributed by atoms with Gasteiger partial charge in [0, 0.05) is 17.7 Å². The van der Waals surface area contributed by atoms with Gasteiger partial charge in [0.25, 0.3) is 17.5 Å². The van der Waals surface area contributed by atoms with Crippen molar-refractivity contribution in [1.82, 2.24) is 10.7 Å². The molecule has 0 bridgehead atoms. The summed E-state index contributed by atoms with van der Waals surface area (Å²) >= 11 is 6.43. The predicted molar refractivity (Wildman–Crippen MR) is 134 cm³/mol. The Bertz CT molecular complexity index is 1270. The molecule has 0 saturated heterocycles. The second-order valence-corrected chi connectivity index (χ2v) is 8.47. The van der Waals surface area contributed by atoms with Gasteiger partial charge in [0.2, 0.25) is 0 Å². The normalized spacial score (nSPS) is 11.3. The van der Waals surface area contributed by atoms with Gasteiger partial charge in [-0.1, -0.05) is 18.2 Å². The molecule has 11 heteroatoms. The molecule has 0 aliphatic heterocycles. The van der Waals surface area contributed by atoms with E-state index in [0.717, 1.165) is 0 Å². The number of amides is 2. The van der Waals surface area contributed by atoms with Crippen LogP contribution in [0.25, 0.3) is 6.08 Å². The summed E-state index contributed by atoms with van der Waals surface area (Å²) < 4.78 is 0.868. The predicted octanol–water partition coefficient (Wildman–Crippen LogP) is 4.75. The van der Waals surface area contributed by atoms with Crippen molar-refractivity contribution >= 4 is 61.7 Å². The third-order valence-corrected chi connectivity index (χ3v) is 5.57. The number of hydrogen-bond donors (Lipinski definition) is 3. The van der Waals surface area contributed by atoms with Gasteiger partial charge in [0.1, 0.15) is 11.4 Å². The lowest BCUT2D eigenvalue weighted by atomic mass is 10.1. The highest BCUT2D eigenvalue weighted by atomic mass is 79.9. The first kappa shape index (κ1) is 24.8. The van der Waals surface area contributed by atoms with Gasteiger partial charge in [-0.25, -0.2) is 5.43 Å². The van der Waals surface area contributed by atoms with E-state index >= 15 is 0 Å². The molecule has 9 nitrogen and oxygen atoms in total. The number of nitrogens with one attached hydrogen (secondary N) is 2. The van der Waals surface area contributed by atoms with Crippen LogP contribution in [0.3, 0.4) is 0 Å². The molecule has 0 unspecified atom stereocenters. The molecule has 0 fully saturated rings. The maximum atomic E-state index is 12.8. The van der Waals surface area contributed by atoms with Gasteiger partial charge in [0.15, 0.2) is 0 Å². The fourth-order valence-corrected chi connectivity index (χ4v) is 3.91. The van der Waals surface area contributed by atoms with Crippen molar-refractivity contribution < 1.29 is 19.6 Å². The average molecular weight is 588 g/mol. The molecular weight excluding hydrogens is 572 g/mol. The number of hydrazone groups is 1. The van der Waals surface area contributed by atoms with Crippen molar-refractivity contribution in [2.24, 2.45) is 5.10 Å². The topological polar surface area (TPSA) is 134 Å². The lowest BCUT2D eigenvalue weighted by molar-refractivity contribution is -0.384. The van der Waals surface area contributed by atoms with Gasteiger partial charge in [0.05, 0.1) is 20.1 Å². The number of hydrogen-bond acceptors (Lipinski definition) is 6. The van der Waals surface area contributed by atoms with Crippen molar-refractivity contribution in [3.8, 4) is 5.75 Å². The highest BCUT2D eigenvalue weighted by Gasteiger charge is 2.15. The fourth-order valence-electron chi connectivity index (χ4n) is 2.69. The minimum atomic E-state index is -0.712. The lowest BCUT2D eigenvalue weighted by Crippen LogP contribution is -2.32. The molecule has 3 aromatic rings. The summed E-state index contributed by atoms with van der Waals surface area (Å²) in [5.41, 5.74) is 3.49. The van der Waals surface area contributed by atoms with Gasteiger partial charge in [-0.05, 0) is 85.5 Å². The Kier molecular flexibility index (Phi) is 8.28. The van der Waals surface area contributed by atoms with E-state index in [1.165, 1.54) is 36.6 Å². The lowest BCUT2D eigenvalue weighted by Gasteiger charge is -2.09. The minimum Gasteiger partial charge on any atom is -0.506 e. The summed E-state index contributed by atoms with van der Waals surface area (Å²) in [5, 5.41) is 27.1. The van der Waals surface area contributed by atoms with Crippen LogP contribution in [0.5, 0.6) is 5.75 Å². The van der Waals surface area contributed by atoms with E-state index in [4.69, 9.17) is 0 Å². The van der Waals surface area contributed by atoms with Crippen LogP contribution < -0.4 is 10.7 Å². The number of phenolic OH excluding ortho intramolecular Hbond substituents is 1. The highest BCUT2D eigenvalue weighted by molar-refractivity contribution is 9.11. The van der Waals surface area contributed by atoms with E-state index in [2.05, 4.69) is 47.7 Å². The third-order valence-electron chi connectivity index (χ3n) is 4.36. The van der Waals surface area contributed by atoms with Crippen molar-refractivity contribution in [3.63, 3.8) is 0 Å². The number of carbonyl (C=O) groups is 2. The zero-order chi connectivity index (χ0) is 24.7. The molecule has 0 aromatic heterocycles. The van der Waals surface area contributed by atoms with E-state index in [0.29, 0.717) is 25.6 Å². The first-order valence-electron chi connectivity index (χ1n) is 9.58. The van der Waals surface area contributed by atoms with E-state index < -0.39 is 16.7 Å². The molecule has 0 atom stereocenters. The van der Waals surface area contributed by atoms with Gasteiger partial charge in [-0.3, -0.25) is 19.7 Å². The van der Waals surface area contributed by atoms with Gasteiger partial charge >= 0.3 is 0 Å². The molecule has 0 spiro atoms. The Balaban J connectivity index is 1.83. The molecule has 0 radical (unpaired) electrons. The van der Waals surface area contributed by atoms with Crippen LogP contribution in [-0.4, -0.2) is 28.1 Å². The van der Waals surface area contributed by atoms with Gasteiger partial charge in [-0.15, -0.1) is 0 Å². The molecule has 0 aliphatic carbocycles. The van der Waals surface area contributed by atoms with Crippen LogP contribution in [0.2, 0.25) is 0 Å². The Hall–Kier alpha value is -3.83. The zero-order valence-electron chi connectivity index (χ0n) is 17.2. The number of benzene rings is 3. The second-order valence-electron chi connectivity index (χ2n) is 6.76. The van der Waals surface area contributed by atoms with E-state index in [9.17, 15) is 24.8 Å². The van der Waals surface area contributed by atoms with Crippen molar-refractivity contribution in [3.05, 3.63) is 108 Å². The van der Waals surface area contributed by atoms with Gasteiger partial charge in [-0.2, -0.15) is 5.10 Å². The standard InChI is InChI=1S/C23H16Br2N4O5/c24-18-10-15(11-19(25)21(18)30)13-26-28-23(32)20(27-22(31)16-4-2-1-3-5-16)12-14-6-8-17(9-7-14)29(33)34/h1-13,30H,(H,27,31)(H,28,32)/b20-12+,26-13+. The summed E-state index contributed by atoms with van der Waals surface area (Å²) in [7, 11) is 0. The fraction of sp³-hybridized carbons (Fsp3) is 0. The maximum Gasteiger partial charge on any atom is 0.287 e. The molecule has 3 aromatic carbocycles. The number of aromatic hydroxyl groups is 1. The molecule has 3 N–H and O–H groups in total. The summed E-state index contributed by atoms with van der Waals surface area (Å²) in [6, 6.07) is 17.0. The number of non-ortho nitro benzene ring substituents is 1. The smallest absolute Gasteiger partial charge is 0.287 e. The monoisotopic (exact) mass is 586 g/mol. The number of rotatable bonds is 7. The third kappa shape index (κ3) is 6.59. The molecule has 2 amide bonds. The molecule has 0 saturated carbocycles. The van der Waals surface area contributed by atoms with Gasteiger partial charge < -0.3 is 10.4 Å². The Labute approximate surface area is 210 Å². The Morgan fingerprint density at radius 1 is 0.971 bits per heavy atom. The average Bonchev–Trinajstić information content (AvgIpc) is 2.82. The number of nitro benzene ring substituents is 1. The molecule has 3 rings (SSSR count). The number of nitro groups is 1. The Morgan fingerprint density at radius 2 is 1.59 bits per heavy atom. The van der Waals surface area contributed by atoms with E-state index in [-0.39, 0.29) is 17.1 Å². The first-order valence-corrected chi connectivity index (χ1v) is 11.2. The van der Waals surface area contributed by atoms with E-state index in [1.807, 2.05) is 0 Å². The van der Waals surface area contributed by atoms with Crippen molar-refractivity contribution in [2.75, 3.05) is 0 Å². The van der Waals surface area contributed by atoms with Crippen LogP contribution in [0, 0.1) is 10.1 Å². The Morgan fingerprint density at radius 3 is 2.18 bits per heavy atom. The number of phenols is 1. The number of nitrogens with zero attached hydrogens (tertiary/aromatic N) is 2. The maximum absolute atomic E-state index is 12.8. The molecule has 0 heterocycles. The quantitative estimate of drug-likeness (QED) is 0.159. The molecule has 0 aliphatic rings. The first-order chi connectivity index (χ1) is 16.2. The minimum absolute atomic E-state index is 0.0260. The van der Waals surface area contributed by atoms with Crippen LogP contribution in [-0.2, 0) is 4.79 Å². The highest BCUT2D eigenvalue weighted by Crippen LogP contribution is 2.32.